The highest BCUT2D eigenvalue weighted by Crippen LogP contribution is 2.20. The molecular weight excluding hydrogens is 324 g/mol. The van der Waals surface area contributed by atoms with Crippen LogP contribution in [0.4, 0.5) is 5.69 Å². The van der Waals surface area contributed by atoms with E-state index in [2.05, 4.69) is 10.2 Å². The maximum absolute atomic E-state index is 12.3. The van der Waals surface area contributed by atoms with Crippen LogP contribution in [0.2, 0.25) is 5.02 Å². The summed E-state index contributed by atoms with van der Waals surface area (Å²) in [7, 11) is 0. The van der Waals surface area contributed by atoms with Crippen molar-refractivity contribution in [2.75, 3.05) is 13.1 Å². The second-order valence-electron chi connectivity index (χ2n) is 4.54. The predicted octanol–water partition coefficient (Wildman–Crippen LogP) is 2.79. The Labute approximate surface area is 138 Å². The Morgan fingerprint density at radius 1 is 1.09 bits per heavy atom. The summed E-state index contributed by atoms with van der Waals surface area (Å²) in [5.41, 5.74) is 0.518. The maximum Gasteiger partial charge on any atom is 0.265 e. The van der Waals surface area contributed by atoms with E-state index in [0.29, 0.717) is 23.8 Å². The van der Waals surface area contributed by atoms with Gasteiger partial charge in [-0.15, -0.1) is 0 Å². The van der Waals surface area contributed by atoms with Crippen molar-refractivity contribution in [3.63, 3.8) is 0 Å². The van der Waals surface area contributed by atoms with Gasteiger partial charge < -0.3 is 0 Å². The van der Waals surface area contributed by atoms with E-state index in [1.54, 1.807) is 38.1 Å². The SMILES string of the molecule is CCN1C(=O)C(N=Nc2ccc(Cl)cc2)C(=O)N(CC)C1=S. The number of thiocarbonyl (C=S) groups is 1. The first-order valence-corrected chi connectivity index (χ1v) is 7.61. The number of amides is 2. The van der Waals surface area contributed by atoms with E-state index in [9.17, 15) is 9.59 Å². The molecule has 1 fully saturated rings. The van der Waals surface area contributed by atoms with Crippen molar-refractivity contribution < 1.29 is 9.59 Å². The standard InChI is InChI=1S/C14H15ClN4O2S/c1-3-18-12(20)11(13(21)19(4-2)14(18)22)17-16-10-7-5-9(15)6-8-10/h5-8,11H,3-4H2,1-2H3. The van der Waals surface area contributed by atoms with Crippen molar-refractivity contribution in [3.05, 3.63) is 29.3 Å². The number of nitrogens with zero attached hydrogens (tertiary/aromatic N) is 4. The Morgan fingerprint density at radius 3 is 2.05 bits per heavy atom. The molecule has 0 aromatic heterocycles. The molecule has 116 valence electrons. The zero-order chi connectivity index (χ0) is 16.3. The molecule has 0 bridgehead atoms. The van der Waals surface area contributed by atoms with Crippen LogP contribution in [0, 0.1) is 0 Å². The fourth-order valence-electron chi connectivity index (χ4n) is 2.05. The van der Waals surface area contributed by atoms with Gasteiger partial charge in [0.2, 0.25) is 6.04 Å². The number of benzene rings is 1. The molecule has 2 amide bonds. The predicted molar refractivity (Wildman–Crippen MR) is 87.1 cm³/mol. The second kappa shape index (κ2) is 6.93. The number of hydrogen-bond acceptors (Lipinski definition) is 5. The third kappa shape index (κ3) is 3.15. The molecule has 1 aromatic rings. The molecule has 6 nitrogen and oxygen atoms in total. The van der Waals surface area contributed by atoms with Crippen LogP contribution in [0.5, 0.6) is 0 Å². The minimum atomic E-state index is -1.19. The summed E-state index contributed by atoms with van der Waals surface area (Å²) in [6.45, 7) is 4.35. The number of rotatable bonds is 4. The average molecular weight is 339 g/mol. The van der Waals surface area contributed by atoms with Crippen LogP contribution in [0.15, 0.2) is 34.5 Å². The first-order valence-electron chi connectivity index (χ1n) is 6.82. The highest BCUT2D eigenvalue weighted by atomic mass is 35.5. The van der Waals surface area contributed by atoms with Crippen LogP contribution < -0.4 is 0 Å². The number of likely N-dealkylation sites (N-methyl/N-ethyl adjacent to an activating group) is 2. The Morgan fingerprint density at radius 2 is 1.59 bits per heavy atom. The van der Waals surface area contributed by atoms with E-state index in [0.717, 1.165) is 0 Å². The summed E-state index contributed by atoms with van der Waals surface area (Å²) in [6.07, 6.45) is 0. The van der Waals surface area contributed by atoms with Gasteiger partial charge in [0.25, 0.3) is 11.8 Å². The first kappa shape index (κ1) is 16.5. The Bertz CT molecular complexity index is 606. The van der Waals surface area contributed by atoms with Gasteiger partial charge >= 0.3 is 0 Å². The lowest BCUT2D eigenvalue weighted by molar-refractivity contribution is -0.142. The summed E-state index contributed by atoms with van der Waals surface area (Å²) in [4.78, 5) is 27.4. The number of hydrogen-bond donors (Lipinski definition) is 0. The summed E-state index contributed by atoms with van der Waals surface area (Å²) in [5.74, 6) is -0.889. The smallest absolute Gasteiger partial charge is 0.265 e. The quantitative estimate of drug-likeness (QED) is 0.481. The molecule has 0 atom stereocenters. The molecule has 0 aliphatic carbocycles. The molecule has 1 aromatic carbocycles. The average Bonchev–Trinajstić information content (AvgIpc) is 2.50. The maximum atomic E-state index is 12.3. The Hall–Kier alpha value is -1.86. The minimum Gasteiger partial charge on any atom is -0.287 e. The van der Waals surface area contributed by atoms with Gasteiger partial charge in [-0.3, -0.25) is 19.4 Å². The van der Waals surface area contributed by atoms with Crippen LogP contribution in [0.1, 0.15) is 13.8 Å². The lowest BCUT2D eigenvalue weighted by Gasteiger charge is -2.36. The summed E-state index contributed by atoms with van der Waals surface area (Å²) in [6, 6.07) is 5.44. The van der Waals surface area contributed by atoms with Crippen LogP contribution >= 0.6 is 23.8 Å². The van der Waals surface area contributed by atoms with E-state index in [1.807, 2.05) is 0 Å². The largest absolute Gasteiger partial charge is 0.287 e. The zero-order valence-electron chi connectivity index (χ0n) is 12.2. The van der Waals surface area contributed by atoms with Gasteiger partial charge in [0.05, 0.1) is 5.69 Å². The topological polar surface area (TPSA) is 65.3 Å². The summed E-state index contributed by atoms with van der Waals surface area (Å²) in [5, 5.41) is 8.67. The Balaban J connectivity index is 2.27. The molecule has 0 radical (unpaired) electrons. The summed E-state index contributed by atoms with van der Waals surface area (Å²) >= 11 is 11.0. The van der Waals surface area contributed by atoms with Crippen LogP contribution in [-0.2, 0) is 9.59 Å². The number of azo groups is 1. The minimum absolute atomic E-state index is 0.220. The highest BCUT2D eigenvalue weighted by Gasteiger charge is 2.42. The van der Waals surface area contributed by atoms with E-state index in [4.69, 9.17) is 23.8 Å². The number of carbonyl (C=O) groups excluding carboxylic acids is 2. The van der Waals surface area contributed by atoms with E-state index in [1.165, 1.54) is 9.80 Å². The fourth-order valence-corrected chi connectivity index (χ4v) is 2.61. The van der Waals surface area contributed by atoms with Crippen molar-refractivity contribution >= 4 is 46.4 Å². The van der Waals surface area contributed by atoms with Gasteiger partial charge in [-0.05, 0) is 50.3 Å². The second-order valence-corrected chi connectivity index (χ2v) is 5.34. The van der Waals surface area contributed by atoms with Crippen molar-refractivity contribution in [2.24, 2.45) is 10.2 Å². The van der Waals surface area contributed by atoms with Crippen LogP contribution in [-0.4, -0.2) is 45.9 Å². The van der Waals surface area contributed by atoms with E-state index < -0.39 is 17.9 Å². The monoisotopic (exact) mass is 338 g/mol. The third-order valence-electron chi connectivity index (χ3n) is 3.21. The Kier molecular flexibility index (Phi) is 5.20. The normalized spacial score (nSPS) is 17.0. The van der Waals surface area contributed by atoms with Gasteiger partial charge in [0.15, 0.2) is 5.11 Å². The van der Waals surface area contributed by atoms with Gasteiger partial charge in [-0.2, -0.15) is 10.2 Å². The van der Waals surface area contributed by atoms with Crippen molar-refractivity contribution in [2.45, 2.75) is 19.9 Å². The molecule has 1 saturated heterocycles. The zero-order valence-corrected chi connectivity index (χ0v) is 13.8. The van der Waals surface area contributed by atoms with Crippen molar-refractivity contribution in [1.82, 2.24) is 9.80 Å². The van der Waals surface area contributed by atoms with Crippen molar-refractivity contribution in [3.8, 4) is 0 Å². The molecule has 1 aliphatic heterocycles. The molecule has 1 aliphatic rings. The molecule has 0 saturated carbocycles. The lowest BCUT2D eigenvalue weighted by Crippen LogP contribution is -2.61. The molecule has 8 heteroatoms. The molecule has 1 heterocycles. The van der Waals surface area contributed by atoms with Crippen LogP contribution in [0.25, 0.3) is 0 Å². The van der Waals surface area contributed by atoms with Crippen molar-refractivity contribution in [1.29, 1.82) is 0 Å². The van der Waals surface area contributed by atoms with Gasteiger partial charge in [-0.25, -0.2) is 0 Å². The molecule has 2 rings (SSSR count). The van der Waals surface area contributed by atoms with E-state index >= 15 is 0 Å². The lowest BCUT2D eigenvalue weighted by atomic mass is 10.2. The number of carbonyl (C=O) groups is 2. The van der Waals surface area contributed by atoms with Gasteiger partial charge in [0.1, 0.15) is 0 Å². The molecule has 0 N–H and O–H groups in total. The fraction of sp³-hybridized carbons (Fsp3) is 0.357. The molecular formula is C14H15ClN4O2S. The molecule has 0 spiro atoms. The molecule has 0 unspecified atom stereocenters. The van der Waals surface area contributed by atoms with Crippen LogP contribution in [0.3, 0.4) is 0 Å². The third-order valence-corrected chi connectivity index (χ3v) is 3.90. The summed E-state index contributed by atoms with van der Waals surface area (Å²) < 4.78 is 0. The van der Waals surface area contributed by atoms with E-state index in [-0.39, 0.29) is 5.11 Å². The number of halogens is 1. The highest BCUT2D eigenvalue weighted by molar-refractivity contribution is 7.80. The van der Waals surface area contributed by atoms with Gasteiger partial charge in [-0.1, -0.05) is 11.6 Å². The van der Waals surface area contributed by atoms with Gasteiger partial charge in [0, 0.05) is 18.1 Å². The molecule has 22 heavy (non-hydrogen) atoms. The first-order chi connectivity index (χ1) is 10.5.